The van der Waals surface area contributed by atoms with E-state index in [2.05, 4.69) is 5.32 Å². The Balaban J connectivity index is 0. The summed E-state index contributed by atoms with van der Waals surface area (Å²) in [6, 6.07) is 0. The van der Waals surface area contributed by atoms with Crippen LogP contribution >= 0.6 is 12.4 Å². The van der Waals surface area contributed by atoms with Crippen LogP contribution in [0, 0.1) is 0 Å². The van der Waals surface area contributed by atoms with Crippen molar-refractivity contribution in [1.82, 2.24) is 5.32 Å². The van der Waals surface area contributed by atoms with E-state index in [0.29, 0.717) is 0 Å². The minimum absolute atomic E-state index is 0. The van der Waals surface area contributed by atoms with Crippen molar-refractivity contribution in [1.29, 1.82) is 0 Å². The molecular formula is C5H14ClNO. The Labute approximate surface area is 56.4 Å². The minimum Gasteiger partial charge on any atom is -0.412 e. The lowest BCUT2D eigenvalue weighted by atomic mass is 10.2. The van der Waals surface area contributed by atoms with Gasteiger partial charge in [0, 0.05) is 0 Å². The zero-order valence-electron chi connectivity index (χ0n) is 4.94. The average molecular weight is 140 g/mol. The minimum atomic E-state index is 0. The lowest BCUT2D eigenvalue weighted by Crippen LogP contribution is -2.21. The first-order valence-electron chi connectivity index (χ1n) is 2.71. The summed E-state index contributed by atoms with van der Waals surface area (Å²) in [6.45, 7) is 2.50. The molecule has 0 aromatic heterocycles. The number of hydrogen-bond donors (Lipinski definition) is 1. The summed E-state index contributed by atoms with van der Waals surface area (Å²) in [5.74, 6) is 0. The Morgan fingerprint density at radius 2 is 1.38 bits per heavy atom. The van der Waals surface area contributed by atoms with Gasteiger partial charge in [0.2, 0.25) is 0 Å². The van der Waals surface area contributed by atoms with E-state index >= 15 is 0 Å². The highest BCUT2D eigenvalue weighted by molar-refractivity contribution is 5.85. The van der Waals surface area contributed by atoms with Gasteiger partial charge >= 0.3 is 0 Å². The highest BCUT2D eigenvalue weighted by Crippen LogP contribution is 1.96. The second-order valence-electron chi connectivity index (χ2n) is 1.81. The first-order chi connectivity index (χ1) is 3.00. The molecule has 1 heterocycles. The summed E-state index contributed by atoms with van der Waals surface area (Å²) in [5, 5.41) is 3.28. The molecule has 0 aliphatic carbocycles. The Morgan fingerprint density at radius 1 is 0.875 bits per heavy atom. The van der Waals surface area contributed by atoms with Gasteiger partial charge in [-0.3, -0.25) is 0 Å². The smallest absolute Gasteiger partial charge is 0.00489 e. The van der Waals surface area contributed by atoms with Crippen molar-refractivity contribution >= 4 is 12.4 Å². The number of piperidine rings is 1. The molecule has 3 N–H and O–H groups in total. The second-order valence-corrected chi connectivity index (χ2v) is 1.81. The van der Waals surface area contributed by atoms with Crippen molar-refractivity contribution < 1.29 is 5.48 Å². The second kappa shape index (κ2) is 7.21. The van der Waals surface area contributed by atoms with E-state index in [0.717, 1.165) is 0 Å². The van der Waals surface area contributed by atoms with E-state index < -0.39 is 0 Å². The molecule has 0 spiro atoms. The van der Waals surface area contributed by atoms with Crippen LogP contribution in [0.15, 0.2) is 0 Å². The fourth-order valence-electron chi connectivity index (χ4n) is 0.802. The van der Waals surface area contributed by atoms with Crippen LogP contribution in [0.3, 0.4) is 0 Å². The van der Waals surface area contributed by atoms with E-state index in [1.807, 2.05) is 0 Å². The number of nitrogens with one attached hydrogen (secondary N) is 1. The molecule has 0 bridgehead atoms. The highest BCUT2D eigenvalue weighted by Gasteiger charge is 1.93. The van der Waals surface area contributed by atoms with Gasteiger partial charge in [-0.05, 0) is 25.9 Å². The summed E-state index contributed by atoms with van der Waals surface area (Å²) in [4.78, 5) is 0. The summed E-state index contributed by atoms with van der Waals surface area (Å²) in [5.41, 5.74) is 0. The lowest BCUT2D eigenvalue weighted by Gasteiger charge is -2.08. The van der Waals surface area contributed by atoms with E-state index in [1.165, 1.54) is 32.4 Å². The Morgan fingerprint density at radius 3 is 1.50 bits per heavy atom. The maximum Gasteiger partial charge on any atom is -0.00489 e. The van der Waals surface area contributed by atoms with Crippen LogP contribution in [0.1, 0.15) is 19.3 Å². The molecular weight excluding hydrogens is 126 g/mol. The van der Waals surface area contributed by atoms with Gasteiger partial charge in [0.25, 0.3) is 0 Å². The van der Waals surface area contributed by atoms with Crippen LogP contribution in [0.2, 0.25) is 0 Å². The third-order valence-electron chi connectivity index (χ3n) is 1.21. The number of halogens is 1. The van der Waals surface area contributed by atoms with E-state index in [4.69, 9.17) is 0 Å². The van der Waals surface area contributed by atoms with E-state index in [1.54, 1.807) is 0 Å². The molecule has 0 amide bonds. The summed E-state index contributed by atoms with van der Waals surface area (Å²) < 4.78 is 0. The van der Waals surface area contributed by atoms with E-state index in [9.17, 15) is 0 Å². The predicted octanol–water partition coefficient (Wildman–Crippen LogP) is 0.357. The molecule has 1 aliphatic rings. The lowest BCUT2D eigenvalue weighted by molar-refractivity contribution is 0.520. The number of rotatable bonds is 0. The summed E-state index contributed by atoms with van der Waals surface area (Å²) in [6.07, 6.45) is 4.22. The van der Waals surface area contributed by atoms with Gasteiger partial charge in [-0.1, -0.05) is 6.42 Å². The summed E-state index contributed by atoms with van der Waals surface area (Å²) >= 11 is 0. The van der Waals surface area contributed by atoms with Crippen LogP contribution in [-0.2, 0) is 0 Å². The van der Waals surface area contributed by atoms with Crippen LogP contribution in [-0.4, -0.2) is 18.6 Å². The Kier molecular flexibility index (Phi) is 9.97. The fourth-order valence-corrected chi connectivity index (χ4v) is 0.802. The van der Waals surface area contributed by atoms with Crippen molar-refractivity contribution in [2.75, 3.05) is 13.1 Å². The molecule has 1 saturated heterocycles. The molecule has 52 valence electrons. The third kappa shape index (κ3) is 4.37. The molecule has 2 nitrogen and oxygen atoms in total. The SMILES string of the molecule is C1CCNCC1.Cl.O. The van der Waals surface area contributed by atoms with Gasteiger partial charge in [0.05, 0.1) is 0 Å². The Bertz CT molecular complexity index is 27.9. The van der Waals surface area contributed by atoms with E-state index in [-0.39, 0.29) is 17.9 Å². The van der Waals surface area contributed by atoms with Crippen LogP contribution in [0.5, 0.6) is 0 Å². The maximum absolute atomic E-state index is 3.28. The monoisotopic (exact) mass is 139 g/mol. The molecule has 0 unspecified atom stereocenters. The first-order valence-corrected chi connectivity index (χ1v) is 2.71. The predicted molar refractivity (Wildman–Crippen MR) is 37.6 cm³/mol. The molecule has 1 rings (SSSR count). The average Bonchev–Trinajstić information content (AvgIpc) is 1.72. The molecule has 0 aromatic rings. The van der Waals surface area contributed by atoms with Crippen LogP contribution in [0.4, 0.5) is 0 Å². The quantitative estimate of drug-likeness (QED) is 0.518. The molecule has 1 fully saturated rings. The Hall–Kier alpha value is 0.210. The van der Waals surface area contributed by atoms with Crippen LogP contribution < -0.4 is 5.32 Å². The van der Waals surface area contributed by atoms with Gasteiger partial charge in [-0.25, -0.2) is 0 Å². The van der Waals surface area contributed by atoms with Gasteiger partial charge < -0.3 is 10.8 Å². The maximum atomic E-state index is 3.28. The molecule has 0 radical (unpaired) electrons. The molecule has 3 heteroatoms. The van der Waals surface area contributed by atoms with Gasteiger partial charge in [-0.15, -0.1) is 12.4 Å². The topological polar surface area (TPSA) is 43.5 Å². The zero-order valence-corrected chi connectivity index (χ0v) is 5.76. The first kappa shape index (κ1) is 11.1. The zero-order chi connectivity index (χ0) is 4.24. The van der Waals surface area contributed by atoms with Crippen molar-refractivity contribution in [3.63, 3.8) is 0 Å². The van der Waals surface area contributed by atoms with Crippen LogP contribution in [0.25, 0.3) is 0 Å². The van der Waals surface area contributed by atoms with Crippen molar-refractivity contribution in [3.05, 3.63) is 0 Å². The van der Waals surface area contributed by atoms with Gasteiger partial charge in [0.1, 0.15) is 0 Å². The van der Waals surface area contributed by atoms with Gasteiger partial charge in [-0.2, -0.15) is 0 Å². The standard InChI is InChI=1S/C5H11N.ClH.H2O/c1-2-4-6-5-3-1;;/h6H,1-5H2;1H;1H2. The molecule has 0 aromatic carbocycles. The van der Waals surface area contributed by atoms with Gasteiger partial charge in [0.15, 0.2) is 0 Å². The fraction of sp³-hybridized carbons (Fsp3) is 1.00. The largest absolute Gasteiger partial charge is 0.412 e. The normalized spacial score (nSPS) is 18.0. The molecule has 0 atom stereocenters. The molecule has 0 saturated carbocycles. The third-order valence-corrected chi connectivity index (χ3v) is 1.21. The van der Waals surface area contributed by atoms with Crippen molar-refractivity contribution in [3.8, 4) is 0 Å². The highest BCUT2D eigenvalue weighted by atomic mass is 35.5. The van der Waals surface area contributed by atoms with Crippen molar-refractivity contribution in [2.45, 2.75) is 19.3 Å². The van der Waals surface area contributed by atoms with Crippen molar-refractivity contribution in [2.24, 2.45) is 0 Å². The summed E-state index contributed by atoms with van der Waals surface area (Å²) in [7, 11) is 0. The molecule has 1 aliphatic heterocycles. The number of hydrogen-bond acceptors (Lipinski definition) is 1. The molecule has 8 heavy (non-hydrogen) atoms.